The number of amides is 1. The molecule has 98 valence electrons. The molecule has 2 aromatic heterocycles. The minimum Gasteiger partial charge on any atom is -0.316 e. The second-order valence-electron chi connectivity index (χ2n) is 3.39. The molecule has 0 spiro atoms. The van der Waals surface area contributed by atoms with E-state index >= 15 is 0 Å². The van der Waals surface area contributed by atoms with E-state index in [1.165, 1.54) is 23.1 Å². The molecule has 9 heteroatoms. The van der Waals surface area contributed by atoms with Crippen LogP contribution in [0.1, 0.15) is 12.5 Å². The largest absolute Gasteiger partial charge is 0.316 e. The molecule has 0 atom stereocenters. The van der Waals surface area contributed by atoms with Gasteiger partial charge in [-0.05, 0) is 28.8 Å². The van der Waals surface area contributed by atoms with E-state index in [0.717, 1.165) is 0 Å². The van der Waals surface area contributed by atoms with Crippen molar-refractivity contribution in [2.75, 3.05) is 11.1 Å². The summed E-state index contributed by atoms with van der Waals surface area (Å²) in [7, 11) is 0. The molecule has 0 unspecified atom stereocenters. The molecule has 0 bridgehead atoms. The van der Waals surface area contributed by atoms with Crippen molar-refractivity contribution in [3.8, 4) is 6.07 Å². The summed E-state index contributed by atoms with van der Waals surface area (Å²) < 4.78 is 1.61. The quantitative estimate of drug-likeness (QED) is 0.836. The second-order valence-corrected chi connectivity index (χ2v) is 5.25. The molecule has 1 amide bonds. The van der Waals surface area contributed by atoms with Crippen molar-refractivity contribution in [2.45, 2.75) is 18.6 Å². The van der Waals surface area contributed by atoms with Gasteiger partial charge in [0.05, 0.1) is 11.3 Å². The zero-order chi connectivity index (χ0) is 13.7. The Balaban J connectivity index is 1.91. The van der Waals surface area contributed by atoms with Gasteiger partial charge >= 0.3 is 0 Å². The lowest BCUT2D eigenvalue weighted by atomic mass is 10.3. The predicted octanol–water partition coefficient (Wildman–Crippen LogP) is 1.36. The number of nitrogens with one attached hydrogen (secondary N) is 1. The maximum Gasteiger partial charge on any atom is 0.235 e. The predicted molar refractivity (Wildman–Crippen MR) is 71.9 cm³/mol. The van der Waals surface area contributed by atoms with Crippen LogP contribution in [0.25, 0.3) is 0 Å². The van der Waals surface area contributed by atoms with Crippen molar-refractivity contribution in [1.82, 2.24) is 20.2 Å². The highest BCUT2D eigenvalue weighted by molar-refractivity contribution is 7.99. The summed E-state index contributed by atoms with van der Waals surface area (Å²) in [4.78, 5) is 11.8. The first-order chi connectivity index (χ1) is 9.24. The second kappa shape index (κ2) is 6.31. The summed E-state index contributed by atoms with van der Waals surface area (Å²) in [6.07, 6.45) is 0. The Labute approximate surface area is 117 Å². The lowest BCUT2D eigenvalue weighted by Gasteiger charge is -2.03. The Kier molecular flexibility index (Phi) is 4.48. The Hall–Kier alpha value is -1.92. The van der Waals surface area contributed by atoms with Gasteiger partial charge in [0.15, 0.2) is 0 Å². The minimum absolute atomic E-state index is 0.186. The van der Waals surface area contributed by atoms with E-state index in [0.29, 0.717) is 22.3 Å². The number of anilines is 1. The van der Waals surface area contributed by atoms with E-state index in [1.54, 1.807) is 16.1 Å². The van der Waals surface area contributed by atoms with Crippen molar-refractivity contribution in [3.63, 3.8) is 0 Å². The molecule has 1 N–H and O–H groups in total. The van der Waals surface area contributed by atoms with Crippen molar-refractivity contribution >= 4 is 34.0 Å². The third-order valence-electron chi connectivity index (χ3n) is 2.17. The van der Waals surface area contributed by atoms with Gasteiger partial charge in [0.25, 0.3) is 0 Å². The topological polar surface area (TPSA) is 96.5 Å². The summed E-state index contributed by atoms with van der Waals surface area (Å²) in [5.41, 5.74) is 0.474. The van der Waals surface area contributed by atoms with Gasteiger partial charge in [0, 0.05) is 6.54 Å². The molecular weight excluding hydrogens is 284 g/mol. The zero-order valence-electron chi connectivity index (χ0n) is 10.0. The lowest BCUT2D eigenvalue weighted by molar-refractivity contribution is -0.113. The molecule has 0 saturated heterocycles. The number of carbonyl (C=O) groups excluding carboxylic acids is 1. The number of hydrogen-bond donors (Lipinski definition) is 1. The fourth-order valence-corrected chi connectivity index (χ4v) is 2.78. The highest BCUT2D eigenvalue weighted by atomic mass is 32.2. The van der Waals surface area contributed by atoms with E-state index in [4.69, 9.17) is 5.26 Å². The molecule has 0 aliphatic rings. The maximum absolute atomic E-state index is 11.8. The maximum atomic E-state index is 11.8. The molecule has 0 radical (unpaired) electrons. The number of tetrazole rings is 1. The first-order valence-electron chi connectivity index (χ1n) is 5.41. The molecule has 0 fully saturated rings. The number of aromatic nitrogens is 4. The van der Waals surface area contributed by atoms with E-state index < -0.39 is 0 Å². The van der Waals surface area contributed by atoms with Crippen LogP contribution in [0, 0.1) is 11.3 Å². The van der Waals surface area contributed by atoms with Crippen molar-refractivity contribution in [1.29, 1.82) is 5.26 Å². The number of hydrogen-bond acceptors (Lipinski definition) is 7. The molecule has 7 nitrogen and oxygen atoms in total. The third-order valence-corrected chi connectivity index (χ3v) is 3.96. The monoisotopic (exact) mass is 294 g/mol. The van der Waals surface area contributed by atoms with Crippen LogP contribution in [0.2, 0.25) is 0 Å². The SMILES string of the molecule is CCn1nnnc1SCC(=O)Nc1sccc1C#N. The fourth-order valence-electron chi connectivity index (χ4n) is 1.29. The van der Waals surface area contributed by atoms with Gasteiger partial charge in [0.1, 0.15) is 11.1 Å². The molecule has 2 rings (SSSR count). The zero-order valence-corrected chi connectivity index (χ0v) is 11.7. The van der Waals surface area contributed by atoms with Crippen molar-refractivity contribution in [2.24, 2.45) is 0 Å². The smallest absolute Gasteiger partial charge is 0.235 e. The van der Waals surface area contributed by atoms with E-state index in [-0.39, 0.29) is 11.7 Å². The van der Waals surface area contributed by atoms with Gasteiger partial charge in [-0.25, -0.2) is 4.68 Å². The van der Waals surface area contributed by atoms with Gasteiger partial charge in [0.2, 0.25) is 11.1 Å². The summed E-state index contributed by atoms with van der Waals surface area (Å²) in [5, 5.41) is 25.6. The van der Waals surface area contributed by atoms with Crippen LogP contribution in [0.4, 0.5) is 5.00 Å². The lowest BCUT2D eigenvalue weighted by Crippen LogP contribution is -2.14. The van der Waals surface area contributed by atoms with Crippen LogP contribution in [0.15, 0.2) is 16.6 Å². The highest BCUT2D eigenvalue weighted by Gasteiger charge is 2.11. The first-order valence-corrected chi connectivity index (χ1v) is 7.27. The molecule has 0 aliphatic carbocycles. The summed E-state index contributed by atoms with van der Waals surface area (Å²) in [5.74, 6) is 0.0120. The standard InChI is InChI=1S/C10H10N6OS2/c1-2-16-10(13-14-15-16)19-6-8(17)12-9-7(5-11)3-4-18-9/h3-4H,2,6H2,1H3,(H,12,17). The summed E-state index contributed by atoms with van der Waals surface area (Å²) in [6.45, 7) is 2.58. The highest BCUT2D eigenvalue weighted by Crippen LogP contribution is 2.22. The molecule has 2 aromatic rings. The normalized spacial score (nSPS) is 10.1. The Morgan fingerprint density at radius 3 is 3.26 bits per heavy atom. The number of nitriles is 1. The van der Waals surface area contributed by atoms with E-state index in [2.05, 4.69) is 20.8 Å². The molecule has 2 heterocycles. The first kappa shape index (κ1) is 13.5. The number of rotatable bonds is 5. The van der Waals surface area contributed by atoms with Gasteiger partial charge < -0.3 is 5.32 Å². The van der Waals surface area contributed by atoms with Gasteiger partial charge in [-0.1, -0.05) is 11.8 Å². The minimum atomic E-state index is -0.186. The van der Waals surface area contributed by atoms with Crippen LogP contribution in [-0.4, -0.2) is 31.9 Å². The van der Waals surface area contributed by atoms with Gasteiger partial charge in [-0.15, -0.1) is 16.4 Å². The van der Waals surface area contributed by atoms with Crippen LogP contribution in [0.5, 0.6) is 0 Å². The number of aryl methyl sites for hydroxylation is 1. The molecule has 0 aliphatic heterocycles. The summed E-state index contributed by atoms with van der Waals surface area (Å²) in [6, 6.07) is 3.69. The van der Waals surface area contributed by atoms with E-state index in [1.807, 2.05) is 13.0 Å². The number of nitrogens with zero attached hydrogens (tertiary/aromatic N) is 5. The van der Waals surface area contributed by atoms with E-state index in [9.17, 15) is 4.79 Å². The van der Waals surface area contributed by atoms with Crippen LogP contribution in [-0.2, 0) is 11.3 Å². The Bertz CT molecular complexity index is 614. The molecule has 0 saturated carbocycles. The van der Waals surface area contributed by atoms with Crippen LogP contribution in [0.3, 0.4) is 0 Å². The third kappa shape index (κ3) is 3.30. The molecule has 19 heavy (non-hydrogen) atoms. The average Bonchev–Trinajstić information content (AvgIpc) is 3.04. The average molecular weight is 294 g/mol. The molecular formula is C10H10N6OS2. The van der Waals surface area contributed by atoms with Crippen molar-refractivity contribution < 1.29 is 4.79 Å². The van der Waals surface area contributed by atoms with Crippen LogP contribution >= 0.6 is 23.1 Å². The Morgan fingerprint density at radius 2 is 2.53 bits per heavy atom. The number of carbonyl (C=O) groups is 1. The molecule has 0 aromatic carbocycles. The van der Waals surface area contributed by atoms with Crippen LogP contribution < -0.4 is 5.32 Å². The fraction of sp³-hybridized carbons (Fsp3) is 0.300. The van der Waals surface area contributed by atoms with Crippen molar-refractivity contribution in [3.05, 3.63) is 17.0 Å². The summed E-state index contributed by atoms with van der Waals surface area (Å²) >= 11 is 2.58. The number of thioether (sulfide) groups is 1. The number of thiophene rings is 1. The Morgan fingerprint density at radius 1 is 1.68 bits per heavy atom. The van der Waals surface area contributed by atoms with Gasteiger partial charge in [-0.2, -0.15) is 5.26 Å². The van der Waals surface area contributed by atoms with Gasteiger partial charge in [-0.3, -0.25) is 4.79 Å².